The second-order valence-corrected chi connectivity index (χ2v) is 7.09. The minimum atomic E-state index is -0.0371. The third-order valence-electron chi connectivity index (χ3n) is 3.58. The number of nitrogens with one attached hydrogen (secondary N) is 1. The van der Waals surface area contributed by atoms with Gasteiger partial charge in [-0.25, -0.2) is 0 Å². The standard InChI is InChI=1S/C19H25N3O/c1-19(2,3)12-17(15-5-4-10-21-13-15)22-18(23)11-14-6-8-16(20)9-7-14/h4-10,13,17H,11-12,20H2,1-3H3,(H,22,23)/t17-/m1/s1. The van der Waals surface area contributed by atoms with Crippen molar-refractivity contribution in [3.8, 4) is 0 Å². The molecule has 1 amide bonds. The summed E-state index contributed by atoms with van der Waals surface area (Å²) < 4.78 is 0. The van der Waals surface area contributed by atoms with Crippen molar-refractivity contribution in [3.63, 3.8) is 0 Å². The van der Waals surface area contributed by atoms with E-state index < -0.39 is 0 Å². The lowest BCUT2D eigenvalue weighted by Crippen LogP contribution is -2.32. The molecule has 0 saturated carbocycles. The van der Waals surface area contributed by atoms with E-state index in [0.29, 0.717) is 12.1 Å². The van der Waals surface area contributed by atoms with Gasteiger partial charge in [0.15, 0.2) is 0 Å². The number of benzene rings is 1. The molecule has 1 aromatic heterocycles. The van der Waals surface area contributed by atoms with Crippen molar-refractivity contribution in [2.45, 2.75) is 39.7 Å². The van der Waals surface area contributed by atoms with Crippen LogP contribution in [-0.4, -0.2) is 10.9 Å². The summed E-state index contributed by atoms with van der Waals surface area (Å²) in [4.78, 5) is 16.6. The lowest BCUT2D eigenvalue weighted by Gasteiger charge is -2.27. The minimum absolute atomic E-state index is 0.00729. The van der Waals surface area contributed by atoms with Crippen molar-refractivity contribution >= 4 is 11.6 Å². The number of amides is 1. The molecule has 0 bridgehead atoms. The monoisotopic (exact) mass is 311 g/mol. The van der Waals surface area contributed by atoms with Gasteiger partial charge in [0.2, 0.25) is 5.91 Å². The SMILES string of the molecule is CC(C)(C)C[C@@H](NC(=O)Cc1ccc(N)cc1)c1cccnc1. The van der Waals surface area contributed by atoms with Crippen molar-refractivity contribution in [3.05, 3.63) is 59.9 Å². The molecular formula is C19H25N3O. The number of hydrogen-bond donors (Lipinski definition) is 2. The molecule has 1 heterocycles. The fourth-order valence-corrected chi connectivity index (χ4v) is 2.51. The van der Waals surface area contributed by atoms with Gasteiger partial charge in [-0.2, -0.15) is 0 Å². The summed E-state index contributed by atoms with van der Waals surface area (Å²) >= 11 is 0. The van der Waals surface area contributed by atoms with Gasteiger partial charge in [-0.3, -0.25) is 9.78 Å². The predicted molar refractivity (Wildman–Crippen MR) is 93.8 cm³/mol. The Kier molecular flexibility index (Phi) is 5.37. The number of carbonyl (C=O) groups is 1. The van der Waals surface area contributed by atoms with Crippen LogP contribution in [0.4, 0.5) is 5.69 Å². The third kappa shape index (κ3) is 5.74. The van der Waals surface area contributed by atoms with Crippen LogP contribution in [0.2, 0.25) is 0 Å². The number of rotatable bonds is 5. The van der Waals surface area contributed by atoms with Crippen LogP contribution in [0.1, 0.15) is 44.4 Å². The molecule has 1 aromatic carbocycles. The summed E-state index contributed by atoms with van der Waals surface area (Å²) in [6.45, 7) is 6.51. The molecule has 0 unspecified atom stereocenters. The molecule has 2 rings (SSSR count). The zero-order chi connectivity index (χ0) is 16.9. The molecule has 1 atom stereocenters. The van der Waals surface area contributed by atoms with E-state index in [0.717, 1.165) is 17.5 Å². The van der Waals surface area contributed by atoms with E-state index in [1.165, 1.54) is 0 Å². The highest BCUT2D eigenvalue weighted by molar-refractivity contribution is 5.79. The van der Waals surface area contributed by atoms with Crippen molar-refractivity contribution in [1.82, 2.24) is 10.3 Å². The quantitative estimate of drug-likeness (QED) is 0.830. The molecule has 23 heavy (non-hydrogen) atoms. The number of pyridine rings is 1. The van der Waals surface area contributed by atoms with Crippen LogP contribution in [0.15, 0.2) is 48.8 Å². The molecule has 0 aliphatic heterocycles. The highest BCUT2D eigenvalue weighted by Gasteiger charge is 2.22. The third-order valence-corrected chi connectivity index (χ3v) is 3.58. The number of aromatic nitrogens is 1. The zero-order valence-electron chi connectivity index (χ0n) is 14.0. The summed E-state index contributed by atoms with van der Waals surface area (Å²) in [5.41, 5.74) is 8.48. The maximum atomic E-state index is 12.4. The molecule has 0 fully saturated rings. The van der Waals surface area contributed by atoms with E-state index in [4.69, 9.17) is 5.73 Å². The molecular weight excluding hydrogens is 286 g/mol. The van der Waals surface area contributed by atoms with Gasteiger partial charge in [-0.1, -0.05) is 39.0 Å². The lowest BCUT2D eigenvalue weighted by atomic mass is 9.85. The second-order valence-electron chi connectivity index (χ2n) is 7.09. The Balaban J connectivity index is 2.07. The van der Waals surface area contributed by atoms with Crippen LogP contribution in [0.25, 0.3) is 0 Å². The number of carbonyl (C=O) groups excluding carboxylic acids is 1. The van der Waals surface area contributed by atoms with Crippen LogP contribution in [-0.2, 0) is 11.2 Å². The van der Waals surface area contributed by atoms with Gasteiger partial charge >= 0.3 is 0 Å². The van der Waals surface area contributed by atoms with E-state index in [-0.39, 0.29) is 17.4 Å². The Labute approximate surface area is 138 Å². The molecule has 0 radical (unpaired) electrons. The number of anilines is 1. The summed E-state index contributed by atoms with van der Waals surface area (Å²) in [7, 11) is 0. The molecule has 4 nitrogen and oxygen atoms in total. The maximum Gasteiger partial charge on any atom is 0.224 e. The van der Waals surface area contributed by atoms with E-state index >= 15 is 0 Å². The van der Waals surface area contributed by atoms with Crippen LogP contribution in [0.3, 0.4) is 0 Å². The Bertz CT molecular complexity index is 630. The average Bonchev–Trinajstić information content (AvgIpc) is 2.48. The predicted octanol–water partition coefficient (Wildman–Crippen LogP) is 3.50. The van der Waals surface area contributed by atoms with Crippen molar-refractivity contribution in [1.29, 1.82) is 0 Å². The van der Waals surface area contributed by atoms with Crippen molar-refractivity contribution in [2.24, 2.45) is 5.41 Å². The Morgan fingerprint density at radius 3 is 2.48 bits per heavy atom. The van der Waals surface area contributed by atoms with E-state index in [2.05, 4.69) is 31.1 Å². The molecule has 0 aliphatic carbocycles. The van der Waals surface area contributed by atoms with E-state index in [9.17, 15) is 4.79 Å². The van der Waals surface area contributed by atoms with E-state index in [1.807, 2.05) is 42.6 Å². The Morgan fingerprint density at radius 1 is 1.22 bits per heavy atom. The molecule has 0 aliphatic rings. The Morgan fingerprint density at radius 2 is 1.91 bits per heavy atom. The summed E-state index contributed by atoms with van der Waals surface area (Å²) in [5, 5.41) is 3.14. The first-order valence-corrected chi connectivity index (χ1v) is 7.87. The summed E-state index contributed by atoms with van der Waals surface area (Å²) in [6.07, 6.45) is 4.76. The first-order valence-electron chi connectivity index (χ1n) is 7.87. The van der Waals surface area contributed by atoms with Crippen LogP contribution in [0, 0.1) is 5.41 Å². The van der Waals surface area contributed by atoms with Gasteiger partial charge in [0.25, 0.3) is 0 Å². The maximum absolute atomic E-state index is 12.4. The van der Waals surface area contributed by atoms with Crippen LogP contribution >= 0.6 is 0 Å². The number of nitrogens with two attached hydrogens (primary N) is 1. The molecule has 122 valence electrons. The van der Waals surface area contributed by atoms with Crippen molar-refractivity contribution < 1.29 is 4.79 Å². The molecule has 0 saturated heterocycles. The van der Waals surface area contributed by atoms with Gasteiger partial charge in [-0.15, -0.1) is 0 Å². The first kappa shape index (κ1) is 17.0. The largest absolute Gasteiger partial charge is 0.399 e. The normalized spacial score (nSPS) is 12.7. The molecule has 0 spiro atoms. The average molecular weight is 311 g/mol. The molecule has 4 heteroatoms. The fraction of sp³-hybridized carbons (Fsp3) is 0.368. The van der Waals surface area contributed by atoms with Gasteiger partial charge in [-0.05, 0) is 41.2 Å². The highest BCUT2D eigenvalue weighted by Crippen LogP contribution is 2.29. The fourth-order valence-electron chi connectivity index (χ4n) is 2.51. The van der Waals surface area contributed by atoms with Crippen molar-refractivity contribution in [2.75, 3.05) is 5.73 Å². The molecule has 3 N–H and O–H groups in total. The summed E-state index contributed by atoms with van der Waals surface area (Å²) in [6, 6.07) is 11.3. The highest BCUT2D eigenvalue weighted by atomic mass is 16.1. The van der Waals surface area contributed by atoms with Crippen LogP contribution < -0.4 is 11.1 Å². The second kappa shape index (κ2) is 7.27. The number of nitrogen functional groups attached to an aromatic ring is 1. The van der Waals surface area contributed by atoms with E-state index in [1.54, 1.807) is 6.20 Å². The lowest BCUT2D eigenvalue weighted by molar-refractivity contribution is -0.121. The smallest absolute Gasteiger partial charge is 0.224 e. The van der Waals surface area contributed by atoms with Gasteiger partial charge in [0.1, 0.15) is 0 Å². The van der Waals surface area contributed by atoms with Gasteiger partial charge in [0.05, 0.1) is 12.5 Å². The Hall–Kier alpha value is -2.36. The number of nitrogens with zero attached hydrogens (tertiary/aromatic N) is 1. The number of hydrogen-bond acceptors (Lipinski definition) is 3. The topological polar surface area (TPSA) is 68.0 Å². The van der Waals surface area contributed by atoms with Crippen LogP contribution in [0.5, 0.6) is 0 Å². The van der Waals surface area contributed by atoms with Gasteiger partial charge < -0.3 is 11.1 Å². The van der Waals surface area contributed by atoms with Gasteiger partial charge in [0, 0.05) is 18.1 Å². The molecule has 2 aromatic rings. The first-order chi connectivity index (χ1) is 10.8. The zero-order valence-corrected chi connectivity index (χ0v) is 14.0. The minimum Gasteiger partial charge on any atom is -0.399 e. The summed E-state index contributed by atoms with van der Waals surface area (Å²) in [5.74, 6) is 0.00729.